The molecule has 0 bridgehead atoms. The van der Waals surface area contributed by atoms with Crippen LogP contribution in [-0.4, -0.2) is 30.6 Å². The largest absolute Gasteiger partial charge is 0.494 e. The van der Waals surface area contributed by atoms with Gasteiger partial charge in [-0.1, -0.05) is 18.2 Å². The number of nitrogens with one attached hydrogen (secondary N) is 1. The number of nitro benzene ring substituents is 1. The summed E-state index contributed by atoms with van der Waals surface area (Å²) >= 11 is 0. The van der Waals surface area contributed by atoms with Crippen LogP contribution in [0.5, 0.6) is 11.5 Å². The zero-order valence-electron chi connectivity index (χ0n) is 13.9. The van der Waals surface area contributed by atoms with Crippen LogP contribution in [0.25, 0.3) is 0 Å². The fourth-order valence-corrected chi connectivity index (χ4v) is 2.08. The predicted molar refractivity (Wildman–Crippen MR) is 92.9 cm³/mol. The van der Waals surface area contributed by atoms with Crippen molar-refractivity contribution in [1.82, 2.24) is 5.32 Å². The fraction of sp³-hybridized carbons (Fsp3) is 0.278. The lowest BCUT2D eigenvalue weighted by molar-refractivity contribution is -0.384. The van der Waals surface area contributed by atoms with E-state index in [1.165, 1.54) is 18.2 Å². The molecule has 0 saturated heterocycles. The highest BCUT2D eigenvalue weighted by Crippen LogP contribution is 2.18. The Kier molecular flexibility index (Phi) is 6.76. The standard InChI is InChI=1S/C18H20N2O5/c1-14-5-2-7-16(11-14)24-10-4-9-19-18(21)13-25-17-8-3-6-15(12-17)20(22)23/h2-3,5-8,11-12H,4,9-10,13H2,1H3,(H,19,21). The number of hydrogen-bond acceptors (Lipinski definition) is 5. The van der Waals surface area contributed by atoms with E-state index >= 15 is 0 Å². The van der Waals surface area contributed by atoms with Gasteiger partial charge in [-0.25, -0.2) is 0 Å². The molecular weight excluding hydrogens is 324 g/mol. The van der Waals surface area contributed by atoms with E-state index in [4.69, 9.17) is 9.47 Å². The SMILES string of the molecule is Cc1cccc(OCCCNC(=O)COc2cccc([N+](=O)[O-])c2)c1. The van der Waals surface area contributed by atoms with E-state index in [-0.39, 0.29) is 24.0 Å². The molecule has 0 atom stereocenters. The molecule has 0 unspecified atom stereocenters. The van der Waals surface area contributed by atoms with Gasteiger partial charge in [-0.3, -0.25) is 14.9 Å². The first-order valence-electron chi connectivity index (χ1n) is 7.88. The van der Waals surface area contributed by atoms with Crippen LogP contribution in [-0.2, 0) is 4.79 Å². The summed E-state index contributed by atoms with van der Waals surface area (Å²) in [6.07, 6.45) is 0.663. The number of aryl methyl sites for hydroxylation is 1. The van der Waals surface area contributed by atoms with Gasteiger partial charge in [0, 0.05) is 12.6 Å². The minimum atomic E-state index is -0.513. The van der Waals surface area contributed by atoms with Crippen LogP contribution in [0, 0.1) is 17.0 Å². The van der Waals surface area contributed by atoms with Gasteiger partial charge < -0.3 is 14.8 Å². The van der Waals surface area contributed by atoms with E-state index < -0.39 is 4.92 Å². The number of hydrogen-bond donors (Lipinski definition) is 1. The first kappa shape index (κ1) is 18.3. The summed E-state index contributed by atoms with van der Waals surface area (Å²) in [7, 11) is 0. The first-order valence-corrected chi connectivity index (χ1v) is 7.88. The van der Waals surface area contributed by atoms with E-state index in [2.05, 4.69) is 5.32 Å². The quantitative estimate of drug-likeness (QED) is 0.429. The van der Waals surface area contributed by atoms with E-state index in [1.54, 1.807) is 6.07 Å². The lowest BCUT2D eigenvalue weighted by Crippen LogP contribution is -2.30. The highest BCUT2D eigenvalue weighted by atomic mass is 16.6. The van der Waals surface area contributed by atoms with Crippen molar-refractivity contribution in [3.05, 3.63) is 64.2 Å². The molecule has 1 amide bonds. The molecule has 0 aromatic heterocycles. The molecule has 25 heavy (non-hydrogen) atoms. The van der Waals surface area contributed by atoms with Crippen molar-refractivity contribution in [3.8, 4) is 11.5 Å². The summed E-state index contributed by atoms with van der Waals surface area (Å²) in [5.74, 6) is 0.800. The summed E-state index contributed by atoms with van der Waals surface area (Å²) in [5.41, 5.74) is 1.05. The summed E-state index contributed by atoms with van der Waals surface area (Å²) < 4.78 is 10.8. The molecule has 2 aromatic carbocycles. The Labute approximate surface area is 145 Å². The van der Waals surface area contributed by atoms with Crippen LogP contribution in [0.2, 0.25) is 0 Å². The number of rotatable bonds is 9. The fourth-order valence-electron chi connectivity index (χ4n) is 2.08. The molecule has 0 aliphatic carbocycles. The molecule has 0 spiro atoms. The van der Waals surface area contributed by atoms with Crippen molar-refractivity contribution >= 4 is 11.6 Å². The third kappa shape index (κ3) is 6.50. The van der Waals surface area contributed by atoms with Crippen LogP contribution >= 0.6 is 0 Å². The van der Waals surface area contributed by atoms with Gasteiger partial charge in [-0.2, -0.15) is 0 Å². The van der Waals surface area contributed by atoms with Gasteiger partial charge in [0.2, 0.25) is 0 Å². The maximum atomic E-state index is 11.7. The molecule has 0 heterocycles. The number of nitrogens with zero attached hydrogens (tertiary/aromatic N) is 1. The Hall–Kier alpha value is -3.09. The molecule has 7 nitrogen and oxygen atoms in total. The summed E-state index contributed by atoms with van der Waals surface area (Å²) in [4.78, 5) is 21.9. The van der Waals surface area contributed by atoms with Gasteiger partial charge in [0.05, 0.1) is 17.6 Å². The Morgan fingerprint density at radius 1 is 1.12 bits per heavy atom. The van der Waals surface area contributed by atoms with E-state index in [0.29, 0.717) is 19.6 Å². The molecule has 0 radical (unpaired) electrons. The number of non-ortho nitro benzene ring substituents is 1. The Morgan fingerprint density at radius 3 is 2.56 bits per heavy atom. The van der Waals surface area contributed by atoms with E-state index in [1.807, 2.05) is 31.2 Å². The van der Waals surface area contributed by atoms with Crippen LogP contribution < -0.4 is 14.8 Å². The molecule has 1 N–H and O–H groups in total. The average molecular weight is 344 g/mol. The van der Waals surface area contributed by atoms with Crippen molar-refractivity contribution in [2.75, 3.05) is 19.8 Å². The minimum Gasteiger partial charge on any atom is -0.494 e. The molecule has 2 aromatic rings. The van der Waals surface area contributed by atoms with Gasteiger partial charge >= 0.3 is 0 Å². The number of carbonyl (C=O) groups excluding carboxylic acids is 1. The number of ether oxygens (including phenoxy) is 2. The highest BCUT2D eigenvalue weighted by molar-refractivity contribution is 5.77. The van der Waals surface area contributed by atoms with Gasteiger partial charge in [0.25, 0.3) is 11.6 Å². The smallest absolute Gasteiger partial charge is 0.273 e. The van der Waals surface area contributed by atoms with Crippen molar-refractivity contribution < 1.29 is 19.2 Å². The van der Waals surface area contributed by atoms with Gasteiger partial charge in [-0.15, -0.1) is 0 Å². The van der Waals surface area contributed by atoms with Crippen LogP contribution in [0.4, 0.5) is 5.69 Å². The number of nitro groups is 1. The Bertz CT molecular complexity index is 733. The van der Waals surface area contributed by atoms with Crippen molar-refractivity contribution in [2.24, 2.45) is 0 Å². The van der Waals surface area contributed by atoms with Crippen molar-refractivity contribution in [1.29, 1.82) is 0 Å². The monoisotopic (exact) mass is 344 g/mol. The Balaban J connectivity index is 1.62. The normalized spacial score (nSPS) is 10.1. The molecule has 0 saturated carbocycles. The zero-order valence-corrected chi connectivity index (χ0v) is 13.9. The number of carbonyl (C=O) groups is 1. The molecule has 0 aliphatic heterocycles. The lowest BCUT2D eigenvalue weighted by atomic mass is 10.2. The van der Waals surface area contributed by atoms with Crippen molar-refractivity contribution in [3.63, 3.8) is 0 Å². The molecular formula is C18H20N2O5. The highest BCUT2D eigenvalue weighted by Gasteiger charge is 2.08. The topological polar surface area (TPSA) is 90.7 Å². The third-order valence-corrected chi connectivity index (χ3v) is 3.30. The van der Waals surface area contributed by atoms with Crippen molar-refractivity contribution in [2.45, 2.75) is 13.3 Å². The average Bonchev–Trinajstić information content (AvgIpc) is 2.60. The summed E-state index contributed by atoms with van der Waals surface area (Å²) in [6, 6.07) is 13.5. The van der Waals surface area contributed by atoms with Crippen LogP contribution in [0.1, 0.15) is 12.0 Å². The lowest BCUT2D eigenvalue weighted by Gasteiger charge is -2.09. The summed E-state index contributed by atoms with van der Waals surface area (Å²) in [6.45, 7) is 2.76. The van der Waals surface area contributed by atoms with Crippen LogP contribution in [0.15, 0.2) is 48.5 Å². The second kappa shape index (κ2) is 9.27. The molecule has 7 heteroatoms. The third-order valence-electron chi connectivity index (χ3n) is 3.30. The van der Waals surface area contributed by atoms with E-state index in [9.17, 15) is 14.9 Å². The van der Waals surface area contributed by atoms with Crippen LogP contribution in [0.3, 0.4) is 0 Å². The number of benzene rings is 2. The molecule has 0 fully saturated rings. The predicted octanol–water partition coefficient (Wildman–Crippen LogP) is 2.87. The van der Waals surface area contributed by atoms with Gasteiger partial charge in [0.1, 0.15) is 11.5 Å². The molecule has 0 aliphatic rings. The second-order valence-electron chi connectivity index (χ2n) is 5.41. The zero-order chi connectivity index (χ0) is 18.1. The molecule has 132 valence electrons. The first-order chi connectivity index (χ1) is 12.0. The summed E-state index contributed by atoms with van der Waals surface area (Å²) in [5, 5.41) is 13.4. The second-order valence-corrected chi connectivity index (χ2v) is 5.41. The maximum Gasteiger partial charge on any atom is 0.273 e. The number of amides is 1. The Morgan fingerprint density at radius 2 is 1.84 bits per heavy atom. The van der Waals surface area contributed by atoms with Gasteiger partial charge in [0.15, 0.2) is 6.61 Å². The molecule has 2 rings (SSSR count). The van der Waals surface area contributed by atoms with E-state index in [0.717, 1.165) is 11.3 Å². The maximum absolute atomic E-state index is 11.7. The van der Waals surface area contributed by atoms with Gasteiger partial charge in [-0.05, 0) is 37.1 Å². The minimum absolute atomic E-state index is 0.0776.